The number of carbonyl (C=O) groups excluding carboxylic acids is 2. The molecule has 0 saturated heterocycles. The minimum atomic E-state index is -0.550. The van der Waals surface area contributed by atoms with Crippen molar-refractivity contribution in [2.75, 3.05) is 7.11 Å². The fourth-order valence-electron chi connectivity index (χ4n) is 2.68. The summed E-state index contributed by atoms with van der Waals surface area (Å²) in [5.74, 6) is 0.801. The van der Waals surface area contributed by atoms with E-state index in [0.717, 1.165) is 16.9 Å². The van der Waals surface area contributed by atoms with Crippen molar-refractivity contribution in [3.8, 4) is 11.5 Å². The first-order chi connectivity index (χ1) is 14.0. The van der Waals surface area contributed by atoms with Gasteiger partial charge in [-0.2, -0.15) is 0 Å². The number of carbonyl (C=O) groups is 2. The third kappa shape index (κ3) is 4.97. The van der Waals surface area contributed by atoms with Crippen LogP contribution >= 0.6 is 11.3 Å². The number of hydrogen-bond donors (Lipinski definition) is 2. The van der Waals surface area contributed by atoms with Gasteiger partial charge in [0.05, 0.1) is 12.0 Å². The largest absolute Gasteiger partial charge is 0.493 e. The number of hydrazine groups is 1. The molecule has 0 radical (unpaired) electrons. The molecular weight excluding hydrogens is 392 g/mol. The summed E-state index contributed by atoms with van der Waals surface area (Å²) in [5, 5.41) is 0. The lowest BCUT2D eigenvalue weighted by Gasteiger charge is -2.08. The van der Waals surface area contributed by atoms with Crippen LogP contribution in [0.15, 0.2) is 46.9 Å². The average Bonchev–Trinajstić information content (AvgIpc) is 3.37. The summed E-state index contributed by atoms with van der Waals surface area (Å²) in [5.41, 5.74) is 5.84. The van der Waals surface area contributed by atoms with Crippen molar-refractivity contribution in [3.63, 3.8) is 0 Å². The molecule has 0 aliphatic carbocycles. The van der Waals surface area contributed by atoms with Gasteiger partial charge in [-0.25, -0.2) is 0 Å². The number of methoxy groups -OCH3 is 1. The minimum absolute atomic E-state index is 0.0699. The van der Waals surface area contributed by atoms with Crippen molar-refractivity contribution in [2.24, 2.45) is 0 Å². The van der Waals surface area contributed by atoms with Crippen molar-refractivity contribution in [3.05, 3.63) is 69.3 Å². The Hall–Kier alpha value is -3.26. The SMILES string of the molecule is CCc1sc(C(=O)NNC(=O)c2ccc(COc3ccccc3OC)o2)cc1C. The van der Waals surface area contributed by atoms with Gasteiger partial charge in [-0.05, 0) is 49.2 Å². The highest BCUT2D eigenvalue weighted by Gasteiger charge is 2.15. The third-order valence-corrected chi connectivity index (χ3v) is 5.56. The van der Waals surface area contributed by atoms with Crippen LogP contribution in [0.1, 0.15) is 43.4 Å². The number of furan rings is 1. The van der Waals surface area contributed by atoms with Crippen LogP contribution in [-0.4, -0.2) is 18.9 Å². The van der Waals surface area contributed by atoms with E-state index in [4.69, 9.17) is 13.9 Å². The Labute approximate surface area is 172 Å². The molecule has 0 aliphatic rings. The van der Waals surface area contributed by atoms with E-state index in [1.54, 1.807) is 25.3 Å². The maximum Gasteiger partial charge on any atom is 0.305 e. The van der Waals surface area contributed by atoms with E-state index in [-0.39, 0.29) is 18.3 Å². The molecule has 2 heterocycles. The van der Waals surface area contributed by atoms with Gasteiger partial charge in [-0.1, -0.05) is 19.1 Å². The molecule has 0 bridgehead atoms. The number of hydrogen-bond acceptors (Lipinski definition) is 6. The number of benzene rings is 1. The average molecular weight is 414 g/mol. The molecule has 3 aromatic rings. The normalized spacial score (nSPS) is 10.4. The lowest BCUT2D eigenvalue weighted by Crippen LogP contribution is -2.41. The number of amides is 2. The predicted octanol–water partition coefficient (Wildman–Crippen LogP) is 3.87. The van der Waals surface area contributed by atoms with E-state index in [0.29, 0.717) is 22.1 Å². The Balaban J connectivity index is 1.54. The fourth-order valence-corrected chi connectivity index (χ4v) is 3.69. The second-order valence-corrected chi connectivity index (χ2v) is 7.32. The first-order valence-corrected chi connectivity index (χ1v) is 9.88. The van der Waals surface area contributed by atoms with Crippen molar-refractivity contribution in [1.82, 2.24) is 10.9 Å². The Morgan fingerprint density at radius 1 is 1.07 bits per heavy atom. The Morgan fingerprint density at radius 3 is 2.48 bits per heavy atom. The minimum Gasteiger partial charge on any atom is -0.493 e. The van der Waals surface area contributed by atoms with Crippen LogP contribution in [0.3, 0.4) is 0 Å². The molecule has 0 aliphatic heterocycles. The molecule has 0 unspecified atom stereocenters. The van der Waals surface area contributed by atoms with Gasteiger partial charge >= 0.3 is 5.91 Å². The van der Waals surface area contributed by atoms with E-state index in [2.05, 4.69) is 10.9 Å². The van der Waals surface area contributed by atoms with Crippen LogP contribution in [0, 0.1) is 6.92 Å². The highest BCUT2D eigenvalue weighted by Crippen LogP contribution is 2.27. The zero-order valence-electron chi connectivity index (χ0n) is 16.4. The van der Waals surface area contributed by atoms with Gasteiger partial charge in [0.2, 0.25) is 0 Å². The maximum atomic E-state index is 12.2. The first-order valence-electron chi connectivity index (χ1n) is 9.06. The molecule has 0 fully saturated rings. The number of thiophene rings is 1. The van der Waals surface area contributed by atoms with Crippen molar-refractivity contribution in [1.29, 1.82) is 0 Å². The van der Waals surface area contributed by atoms with Gasteiger partial charge in [0, 0.05) is 4.88 Å². The summed E-state index contributed by atoms with van der Waals surface area (Å²) >= 11 is 1.41. The molecule has 2 amide bonds. The second-order valence-electron chi connectivity index (χ2n) is 6.18. The Bertz CT molecular complexity index is 1010. The summed E-state index contributed by atoms with van der Waals surface area (Å²) < 4.78 is 16.4. The van der Waals surface area contributed by atoms with Gasteiger partial charge in [-0.15, -0.1) is 11.3 Å². The first kappa shape index (κ1) is 20.5. The van der Waals surface area contributed by atoms with Crippen LogP contribution in [0.5, 0.6) is 11.5 Å². The standard InChI is InChI=1S/C21H22N2O5S/c1-4-18-13(2)11-19(29-18)21(25)23-22-20(24)17-10-9-14(28-17)12-27-16-8-6-5-7-15(16)26-3/h5-11H,4,12H2,1-3H3,(H,22,24)(H,23,25). The van der Waals surface area contributed by atoms with Gasteiger partial charge in [0.25, 0.3) is 5.91 Å². The smallest absolute Gasteiger partial charge is 0.305 e. The van der Waals surface area contributed by atoms with E-state index < -0.39 is 5.91 Å². The van der Waals surface area contributed by atoms with Gasteiger partial charge < -0.3 is 13.9 Å². The van der Waals surface area contributed by atoms with Crippen molar-refractivity contribution in [2.45, 2.75) is 26.9 Å². The Kier molecular flexibility index (Phi) is 6.56. The van der Waals surface area contributed by atoms with Gasteiger partial charge in [0.1, 0.15) is 12.4 Å². The summed E-state index contributed by atoms with van der Waals surface area (Å²) in [6.07, 6.45) is 0.863. The fraction of sp³-hybridized carbons (Fsp3) is 0.238. The molecule has 2 aromatic heterocycles. The molecule has 0 atom stereocenters. The van der Waals surface area contributed by atoms with Crippen LogP contribution in [0.2, 0.25) is 0 Å². The van der Waals surface area contributed by atoms with Crippen LogP contribution in [-0.2, 0) is 13.0 Å². The highest BCUT2D eigenvalue weighted by molar-refractivity contribution is 7.14. The summed E-state index contributed by atoms with van der Waals surface area (Å²) in [4.78, 5) is 26.1. The molecule has 8 heteroatoms. The topological polar surface area (TPSA) is 89.8 Å². The molecule has 0 saturated carbocycles. The summed E-state index contributed by atoms with van der Waals surface area (Å²) in [6, 6.07) is 12.2. The number of para-hydroxylation sites is 2. The van der Waals surface area contributed by atoms with Crippen LogP contribution in [0.4, 0.5) is 0 Å². The quantitative estimate of drug-likeness (QED) is 0.573. The highest BCUT2D eigenvalue weighted by atomic mass is 32.1. The number of aryl methyl sites for hydroxylation is 2. The summed E-state index contributed by atoms with van der Waals surface area (Å²) in [6.45, 7) is 4.13. The van der Waals surface area contributed by atoms with Crippen LogP contribution < -0.4 is 20.3 Å². The van der Waals surface area contributed by atoms with Crippen LogP contribution in [0.25, 0.3) is 0 Å². The van der Waals surface area contributed by atoms with E-state index in [1.165, 1.54) is 17.4 Å². The third-order valence-electron chi connectivity index (χ3n) is 4.18. The number of rotatable bonds is 7. The second kappa shape index (κ2) is 9.29. The lowest BCUT2D eigenvalue weighted by atomic mass is 10.2. The molecule has 29 heavy (non-hydrogen) atoms. The summed E-state index contributed by atoms with van der Waals surface area (Å²) in [7, 11) is 1.56. The molecule has 152 valence electrons. The van der Waals surface area contributed by atoms with E-state index in [1.807, 2.05) is 32.0 Å². The van der Waals surface area contributed by atoms with E-state index >= 15 is 0 Å². The monoisotopic (exact) mass is 414 g/mol. The predicted molar refractivity (Wildman–Crippen MR) is 109 cm³/mol. The van der Waals surface area contributed by atoms with Crippen molar-refractivity contribution < 1.29 is 23.5 Å². The van der Waals surface area contributed by atoms with Gasteiger partial charge in [-0.3, -0.25) is 20.4 Å². The van der Waals surface area contributed by atoms with Crippen molar-refractivity contribution >= 4 is 23.2 Å². The lowest BCUT2D eigenvalue weighted by molar-refractivity contribution is 0.0830. The zero-order chi connectivity index (χ0) is 20.8. The van der Waals surface area contributed by atoms with Gasteiger partial charge in [0.15, 0.2) is 17.3 Å². The Morgan fingerprint density at radius 2 is 1.79 bits per heavy atom. The molecule has 3 rings (SSSR count). The maximum absolute atomic E-state index is 12.2. The number of nitrogens with one attached hydrogen (secondary N) is 2. The van der Waals surface area contributed by atoms with E-state index in [9.17, 15) is 9.59 Å². The molecule has 0 spiro atoms. The molecule has 2 N–H and O–H groups in total. The molecule has 7 nitrogen and oxygen atoms in total. The molecular formula is C21H22N2O5S. The molecule has 1 aromatic carbocycles. The number of ether oxygens (including phenoxy) is 2. The zero-order valence-corrected chi connectivity index (χ0v) is 17.2.